The zero-order valence-electron chi connectivity index (χ0n) is 12.4. The molecule has 0 saturated heterocycles. The number of allylic oxidation sites excluding steroid dienone is 2. The zero-order valence-corrected chi connectivity index (χ0v) is 14.7. The van der Waals surface area contributed by atoms with Crippen LogP contribution in [0, 0.1) is 0 Å². The molecule has 2 nitrogen and oxygen atoms in total. The quantitative estimate of drug-likeness (QED) is 0.628. The van der Waals surface area contributed by atoms with E-state index in [9.17, 15) is 10.2 Å². The van der Waals surface area contributed by atoms with Gasteiger partial charge in [-0.25, -0.2) is 0 Å². The maximum atomic E-state index is 9.41. The molecular formula is C18H17Cl3O2. The summed E-state index contributed by atoms with van der Waals surface area (Å²) in [4.78, 5) is 0. The Hall–Kier alpha value is -1.61. The van der Waals surface area contributed by atoms with Gasteiger partial charge in [-0.1, -0.05) is 59.1 Å². The third-order valence-electron chi connectivity index (χ3n) is 2.91. The van der Waals surface area contributed by atoms with Crippen LogP contribution in [0.1, 0.15) is 11.1 Å². The van der Waals surface area contributed by atoms with E-state index in [1.807, 2.05) is 6.07 Å². The van der Waals surface area contributed by atoms with Crippen molar-refractivity contribution in [3.05, 3.63) is 81.8 Å². The van der Waals surface area contributed by atoms with E-state index in [4.69, 9.17) is 34.8 Å². The zero-order chi connectivity index (χ0) is 17.4. The molecule has 0 saturated carbocycles. The molecule has 0 unspecified atom stereocenters. The highest BCUT2D eigenvalue weighted by Gasteiger charge is 2.05. The van der Waals surface area contributed by atoms with Crippen molar-refractivity contribution < 1.29 is 10.2 Å². The van der Waals surface area contributed by atoms with E-state index in [2.05, 4.69) is 13.2 Å². The van der Waals surface area contributed by atoms with Gasteiger partial charge in [-0.15, -0.1) is 13.2 Å². The Morgan fingerprint density at radius 2 is 1.39 bits per heavy atom. The largest absolute Gasteiger partial charge is 0.506 e. The summed E-state index contributed by atoms with van der Waals surface area (Å²) >= 11 is 17.1. The van der Waals surface area contributed by atoms with Crippen molar-refractivity contribution in [2.75, 3.05) is 0 Å². The second kappa shape index (κ2) is 9.51. The molecule has 2 rings (SSSR count). The molecule has 0 aliphatic carbocycles. The lowest BCUT2D eigenvalue weighted by molar-refractivity contribution is 0.469. The molecule has 0 bridgehead atoms. The SMILES string of the molecule is C=CCc1cc(Cl)cc(Cl)c1O.C=CCc1cccc(Cl)c1O. The maximum Gasteiger partial charge on any atom is 0.137 e. The molecule has 0 spiro atoms. The van der Waals surface area contributed by atoms with Gasteiger partial charge in [0.2, 0.25) is 0 Å². The Bertz CT molecular complexity index is 697. The van der Waals surface area contributed by atoms with Crippen molar-refractivity contribution in [1.29, 1.82) is 0 Å². The Labute approximate surface area is 151 Å². The number of aromatic hydroxyl groups is 2. The number of hydrogen-bond donors (Lipinski definition) is 2. The molecule has 2 N–H and O–H groups in total. The van der Waals surface area contributed by atoms with Crippen molar-refractivity contribution in [2.24, 2.45) is 0 Å². The molecule has 5 heteroatoms. The van der Waals surface area contributed by atoms with Crippen molar-refractivity contribution in [3.63, 3.8) is 0 Å². The number of hydrogen-bond acceptors (Lipinski definition) is 2. The first kappa shape index (κ1) is 19.4. The topological polar surface area (TPSA) is 40.5 Å². The van der Waals surface area contributed by atoms with Crippen LogP contribution in [0.15, 0.2) is 55.6 Å². The smallest absolute Gasteiger partial charge is 0.137 e. The standard InChI is InChI=1S/C9H8Cl2O.C9H9ClO/c1-2-3-6-4-7(10)5-8(11)9(6)12;1-2-4-7-5-3-6-8(10)9(7)11/h2,4-5,12H,1,3H2;2-3,5-6,11H,1,4H2. The summed E-state index contributed by atoms with van der Waals surface area (Å²) in [5, 5.41) is 20.0. The Morgan fingerprint density at radius 3 is 2.00 bits per heavy atom. The molecule has 0 amide bonds. The van der Waals surface area contributed by atoms with Crippen molar-refractivity contribution >= 4 is 34.8 Å². The lowest BCUT2D eigenvalue weighted by atomic mass is 10.1. The molecule has 0 aliphatic heterocycles. The first-order valence-corrected chi connectivity index (χ1v) is 7.89. The van der Waals surface area contributed by atoms with Crippen LogP contribution < -0.4 is 0 Å². The highest BCUT2D eigenvalue weighted by molar-refractivity contribution is 6.35. The van der Waals surface area contributed by atoms with E-state index in [0.29, 0.717) is 28.5 Å². The van der Waals surface area contributed by atoms with E-state index in [1.165, 1.54) is 6.07 Å². The summed E-state index contributed by atoms with van der Waals surface area (Å²) in [5.74, 6) is 0.245. The minimum absolute atomic E-state index is 0.0842. The van der Waals surface area contributed by atoms with E-state index in [1.54, 1.807) is 30.4 Å². The van der Waals surface area contributed by atoms with Crippen LogP contribution in [0.5, 0.6) is 11.5 Å². The van der Waals surface area contributed by atoms with Gasteiger partial charge in [0.05, 0.1) is 10.0 Å². The fourth-order valence-corrected chi connectivity index (χ4v) is 2.54. The van der Waals surface area contributed by atoms with Gasteiger partial charge >= 0.3 is 0 Å². The molecule has 0 atom stereocenters. The van der Waals surface area contributed by atoms with Crippen LogP contribution in [0.25, 0.3) is 0 Å². The number of para-hydroxylation sites is 1. The van der Waals surface area contributed by atoms with Crippen LogP contribution in [-0.4, -0.2) is 10.2 Å². The monoisotopic (exact) mass is 370 g/mol. The van der Waals surface area contributed by atoms with Gasteiger partial charge in [0.25, 0.3) is 0 Å². The van der Waals surface area contributed by atoms with Crippen LogP contribution in [0.2, 0.25) is 15.1 Å². The molecule has 0 fully saturated rings. The van der Waals surface area contributed by atoms with Crippen LogP contribution in [-0.2, 0) is 12.8 Å². The summed E-state index contributed by atoms with van der Waals surface area (Å²) in [7, 11) is 0. The average Bonchev–Trinajstić information content (AvgIpc) is 2.50. The number of rotatable bonds is 4. The third kappa shape index (κ3) is 5.83. The number of halogens is 3. The minimum Gasteiger partial charge on any atom is -0.506 e. The number of phenolic OH excluding ortho intramolecular Hbond substituents is 2. The molecular weight excluding hydrogens is 355 g/mol. The molecule has 122 valence electrons. The minimum atomic E-state index is 0.0842. The molecule has 0 heterocycles. The third-order valence-corrected chi connectivity index (χ3v) is 3.72. The average molecular weight is 372 g/mol. The first-order valence-electron chi connectivity index (χ1n) is 6.75. The van der Waals surface area contributed by atoms with Gasteiger partial charge in [0.15, 0.2) is 0 Å². The fraction of sp³-hybridized carbons (Fsp3) is 0.111. The van der Waals surface area contributed by atoms with Crippen LogP contribution >= 0.6 is 34.8 Å². The van der Waals surface area contributed by atoms with Crippen molar-refractivity contribution in [3.8, 4) is 11.5 Å². The molecule has 2 aromatic rings. The van der Waals surface area contributed by atoms with Gasteiger partial charge in [-0.3, -0.25) is 0 Å². The molecule has 2 aromatic carbocycles. The molecule has 0 aromatic heterocycles. The summed E-state index contributed by atoms with van der Waals surface area (Å²) < 4.78 is 0. The number of benzene rings is 2. The van der Waals surface area contributed by atoms with E-state index in [-0.39, 0.29) is 16.5 Å². The second-order valence-electron chi connectivity index (χ2n) is 4.63. The lowest BCUT2D eigenvalue weighted by Crippen LogP contribution is -1.83. The van der Waals surface area contributed by atoms with E-state index in [0.717, 1.165) is 5.56 Å². The molecule has 23 heavy (non-hydrogen) atoms. The predicted molar refractivity (Wildman–Crippen MR) is 99.0 cm³/mol. The van der Waals surface area contributed by atoms with Crippen LogP contribution in [0.4, 0.5) is 0 Å². The molecule has 0 radical (unpaired) electrons. The number of phenols is 2. The highest BCUT2D eigenvalue weighted by atomic mass is 35.5. The van der Waals surface area contributed by atoms with Gasteiger partial charge in [0.1, 0.15) is 11.5 Å². The molecule has 0 aliphatic rings. The second-order valence-corrected chi connectivity index (χ2v) is 5.88. The normalized spacial score (nSPS) is 9.70. The Balaban J connectivity index is 0.000000231. The van der Waals surface area contributed by atoms with Crippen molar-refractivity contribution in [2.45, 2.75) is 12.8 Å². The van der Waals surface area contributed by atoms with Gasteiger partial charge in [0, 0.05) is 10.6 Å². The van der Waals surface area contributed by atoms with Gasteiger partial charge in [-0.05, 0) is 36.6 Å². The van der Waals surface area contributed by atoms with E-state index >= 15 is 0 Å². The van der Waals surface area contributed by atoms with E-state index < -0.39 is 0 Å². The maximum absolute atomic E-state index is 9.41. The first-order chi connectivity index (χ1) is 10.9. The lowest BCUT2D eigenvalue weighted by Gasteiger charge is -2.03. The van der Waals surface area contributed by atoms with Gasteiger partial charge < -0.3 is 10.2 Å². The summed E-state index contributed by atoms with van der Waals surface area (Å²) in [5.41, 5.74) is 1.51. The van der Waals surface area contributed by atoms with Gasteiger partial charge in [-0.2, -0.15) is 0 Å². The summed E-state index contributed by atoms with van der Waals surface area (Å²) in [6.45, 7) is 7.13. The Kier molecular flexibility index (Phi) is 8.04. The fourth-order valence-electron chi connectivity index (χ4n) is 1.81. The predicted octanol–water partition coefficient (Wildman–Crippen LogP) is 6.20. The van der Waals surface area contributed by atoms with Crippen LogP contribution in [0.3, 0.4) is 0 Å². The highest BCUT2D eigenvalue weighted by Crippen LogP contribution is 2.31. The van der Waals surface area contributed by atoms with Crippen molar-refractivity contribution in [1.82, 2.24) is 0 Å². The summed E-state index contributed by atoms with van der Waals surface area (Å²) in [6, 6.07) is 8.46. The Morgan fingerprint density at radius 1 is 0.826 bits per heavy atom. The summed E-state index contributed by atoms with van der Waals surface area (Å²) in [6.07, 6.45) is 4.62.